The molecule has 19 heavy (non-hydrogen) atoms. The first kappa shape index (κ1) is 14.2. The minimum Gasteiger partial charge on any atom is -0.308 e. The second-order valence-corrected chi connectivity index (χ2v) is 6.86. The van der Waals surface area contributed by atoms with Crippen molar-refractivity contribution >= 4 is 15.8 Å². The van der Waals surface area contributed by atoms with Gasteiger partial charge in [-0.2, -0.15) is 0 Å². The molecule has 1 aliphatic rings. The molecule has 0 unspecified atom stereocenters. The Morgan fingerprint density at radius 3 is 2.79 bits per heavy atom. The molecule has 0 spiro atoms. The van der Waals surface area contributed by atoms with E-state index in [0.717, 1.165) is 25.7 Å². The zero-order valence-corrected chi connectivity index (χ0v) is 11.8. The van der Waals surface area contributed by atoms with Crippen molar-refractivity contribution in [2.45, 2.75) is 37.5 Å². The average molecular weight is 284 g/mol. The number of anilines is 1. The van der Waals surface area contributed by atoms with Gasteiger partial charge in [0.15, 0.2) is 0 Å². The third-order valence-electron chi connectivity index (χ3n) is 3.56. The van der Waals surface area contributed by atoms with Crippen LogP contribution in [0, 0.1) is 5.41 Å². The number of rotatable bonds is 7. The highest BCUT2D eigenvalue weighted by molar-refractivity contribution is 7.89. The van der Waals surface area contributed by atoms with E-state index < -0.39 is 10.0 Å². The molecule has 0 bridgehead atoms. The van der Waals surface area contributed by atoms with E-state index in [0.29, 0.717) is 12.4 Å². The summed E-state index contributed by atoms with van der Waals surface area (Å²) in [5, 5.41) is 0. The molecular formula is C12H20N4O2S. The lowest BCUT2D eigenvalue weighted by atomic mass is 10.0. The molecule has 106 valence electrons. The Labute approximate surface area is 113 Å². The van der Waals surface area contributed by atoms with E-state index in [1.807, 2.05) is 0 Å². The molecule has 0 aromatic carbocycles. The second kappa shape index (κ2) is 5.44. The molecule has 7 heteroatoms. The Morgan fingerprint density at radius 1 is 1.47 bits per heavy atom. The number of aromatic nitrogens is 1. The molecule has 1 aromatic heterocycles. The normalized spacial score (nSPS) is 17.2. The molecule has 1 saturated carbocycles. The highest BCUT2D eigenvalue weighted by atomic mass is 32.2. The van der Waals surface area contributed by atoms with Gasteiger partial charge in [-0.05, 0) is 30.7 Å². The van der Waals surface area contributed by atoms with Crippen molar-refractivity contribution < 1.29 is 8.42 Å². The predicted octanol–water partition coefficient (Wildman–Crippen LogP) is 1.23. The van der Waals surface area contributed by atoms with Gasteiger partial charge in [0.1, 0.15) is 5.82 Å². The molecule has 0 aliphatic heterocycles. The number of nitrogens with one attached hydrogen (secondary N) is 2. The third-order valence-corrected chi connectivity index (χ3v) is 4.96. The zero-order chi connectivity index (χ0) is 13.9. The van der Waals surface area contributed by atoms with E-state index in [1.54, 1.807) is 0 Å². The van der Waals surface area contributed by atoms with Crippen LogP contribution in [0.3, 0.4) is 0 Å². The van der Waals surface area contributed by atoms with E-state index in [1.165, 1.54) is 18.3 Å². The van der Waals surface area contributed by atoms with E-state index in [9.17, 15) is 8.42 Å². The molecule has 1 fully saturated rings. The number of pyridine rings is 1. The average Bonchev–Trinajstić information content (AvgIpc) is 3.18. The topological polar surface area (TPSA) is 97.1 Å². The molecule has 4 N–H and O–H groups in total. The van der Waals surface area contributed by atoms with E-state index >= 15 is 0 Å². The van der Waals surface area contributed by atoms with Crippen LogP contribution in [0.5, 0.6) is 0 Å². The van der Waals surface area contributed by atoms with Gasteiger partial charge in [-0.25, -0.2) is 24.0 Å². The molecule has 0 amide bonds. The maximum absolute atomic E-state index is 12.2. The summed E-state index contributed by atoms with van der Waals surface area (Å²) in [6.07, 6.45) is 5.78. The van der Waals surface area contributed by atoms with Gasteiger partial charge in [0.2, 0.25) is 10.0 Å². The van der Waals surface area contributed by atoms with Gasteiger partial charge >= 0.3 is 0 Å². The number of nitrogens with two attached hydrogens (primary N) is 1. The van der Waals surface area contributed by atoms with Gasteiger partial charge in [0, 0.05) is 18.8 Å². The highest BCUT2D eigenvalue weighted by Crippen LogP contribution is 2.49. The van der Waals surface area contributed by atoms with Gasteiger partial charge in [-0.3, -0.25) is 0 Å². The quantitative estimate of drug-likeness (QED) is 0.517. The monoisotopic (exact) mass is 284 g/mol. The summed E-state index contributed by atoms with van der Waals surface area (Å²) >= 11 is 0. The fourth-order valence-electron chi connectivity index (χ4n) is 2.21. The van der Waals surface area contributed by atoms with Crippen LogP contribution in [0.1, 0.15) is 32.6 Å². The van der Waals surface area contributed by atoms with Crippen LogP contribution in [0.25, 0.3) is 0 Å². The maximum atomic E-state index is 12.2. The molecular weight excluding hydrogens is 264 g/mol. The van der Waals surface area contributed by atoms with Gasteiger partial charge < -0.3 is 5.43 Å². The highest BCUT2D eigenvalue weighted by Gasteiger charge is 2.42. The maximum Gasteiger partial charge on any atom is 0.240 e. The van der Waals surface area contributed by atoms with Crippen LogP contribution >= 0.6 is 0 Å². The summed E-state index contributed by atoms with van der Waals surface area (Å²) in [6.45, 7) is 2.63. The molecule has 0 saturated heterocycles. The summed E-state index contributed by atoms with van der Waals surface area (Å²) in [6, 6.07) is 2.88. The van der Waals surface area contributed by atoms with Gasteiger partial charge in [-0.15, -0.1) is 0 Å². The van der Waals surface area contributed by atoms with Gasteiger partial charge in [0.05, 0.1) is 4.90 Å². The predicted molar refractivity (Wildman–Crippen MR) is 73.8 cm³/mol. The minimum atomic E-state index is -3.49. The molecule has 6 nitrogen and oxygen atoms in total. The van der Waals surface area contributed by atoms with Gasteiger partial charge in [-0.1, -0.05) is 13.3 Å². The zero-order valence-electron chi connectivity index (χ0n) is 11.0. The van der Waals surface area contributed by atoms with Gasteiger partial charge in [0.25, 0.3) is 0 Å². The number of hydrogen-bond donors (Lipinski definition) is 3. The Morgan fingerprint density at radius 2 is 2.21 bits per heavy atom. The first-order valence-corrected chi connectivity index (χ1v) is 7.92. The molecule has 1 aromatic rings. The standard InChI is InChI=1S/C12H20N4O2S/c1-2-4-12(5-6-12)9-15-19(17,18)10-3-7-14-11(8-10)16-13/h3,7-8,15H,2,4-6,9,13H2,1H3,(H,14,16). The molecule has 1 aliphatic carbocycles. The van der Waals surface area contributed by atoms with Crippen LogP contribution in [0.15, 0.2) is 23.2 Å². The van der Waals surface area contributed by atoms with Crippen molar-refractivity contribution in [3.63, 3.8) is 0 Å². The summed E-state index contributed by atoms with van der Waals surface area (Å²) in [4.78, 5) is 4.08. The fraction of sp³-hybridized carbons (Fsp3) is 0.583. The largest absolute Gasteiger partial charge is 0.308 e. The molecule has 0 atom stereocenters. The number of sulfonamides is 1. The van der Waals surface area contributed by atoms with Crippen molar-refractivity contribution in [2.75, 3.05) is 12.0 Å². The van der Waals surface area contributed by atoms with E-state index in [4.69, 9.17) is 5.84 Å². The first-order chi connectivity index (χ1) is 9.01. The van der Waals surface area contributed by atoms with Crippen LogP contribution in [-0.2, 0) is 10.0 Å². The van der Waals surface area contributed by atoms with Crippen LogP contribution in [-0.4, -0.2) is 19.9 Å². The molecule has 0 radical (unpaired) electrons. The van der Waals surface area contributed by atoms with Crippen LogP contribution in [0.2, 0.25) is 0 Å². The lowest BCUT2D eigenvalue weighted by molar-refractivity contribution is 0.449. The van der Waals surface area contributed by atoms with Crippen LogP contribution < -0.4 is 16.0 Å². The second-order valence-electron chi connectivity index (χ2n) is 5.10. The number of nitrogen functional groups attached to an aromatic ring is 1. The third kappa shape index (κ3) is 3.43. The Balaban J connectivity index is 2.05. The van der Waals surface area contributed by atoms with Crippen molar-refractivity contribution in [3.05, 3.63) is 18.3 Å². The molecule has 2 rings (SSSR count). The van der Waals surface area contributed by atoms with Crippen LogP contribution in [0.4, 0.5) is 5.82 Å². The lowest BCUT2D eigenvalue weighted by Crippen LogP contribution is -2.30. The summed E-state index contributed by atoms with van der Waals surface area (Å²) in [5.41, 5.74) is 2.53. The lowest BCUT2D eigenvalue weighted by Gasteiger charge is -2.15. The van der Waals surface area contributed by atoms with Crippen molar-refractivity contribution in [2.24, 2.45) is 11.3 Å². The van der Waals surface area contributed by atoms with E-state index in [2.05, 4.69) is 22.1 Å². The minimum absolute atomic E-state index is 0.183. The summed E-state index contributed by atoms with van der Waals surface area (Å²) in [5.74, 6) is 5.56. The summed E-state index contributed by atoms with van der Waals surface area (Å²) in [7, 11) is -3.49. The Hall–Kier alpha value is -1.18. The molecule has 1 heterocycles. The SMILES string of the molecule is CCCC1(CNS(=O)(=O)c2ccnc(NN)c2)CC1. The number of nitrogens with zero attached hydrogens (tertiary/aromatic N) is 1. The Bertz CT molecular complexity index is 540. The van der Waals surface area contributed by atoms with Crippen molar-refractivity contribution in [3.8, 4) is 0 Å². The van der Waals surface area contributed by atoms with Crippen molar-refractivity contribution in [1.82, 2.24) is 9.71 Å². The number of hydrogen-bond acceptors (Lipinski definition) is 5. The number of hydrazine groups is 1. The first-order valence-electron chi connectivity index (χ1n) is 6.44. The van der Waals surface area contributed by atoms with Crippen molar-refractivity contribution in [1.29, 1.82) is 0 Å². The van der Waals surface area contributed by atoms with E-state index in [-0.39, 0.29) is 10.3 Å². The smallest absolute Gasteiger partial charge is 0.240 e. The Kier molecular flexibility index (Phi) is 4.07. The summed E-state index contributed by atoms with van der Waals surface area (Å²) < 4.78 is 27.0. The fourth-order valence-corrected chi connectivity index (χ4v) is 3.38.